The molecule has 0 saturated carbocycles. The first-order chi connectivity index (χ1) is 21.2. The normalized spacial score (nSPS) is 17.3. The van der Waals surface area contributed by atoms with Crippen molar-refractivity contribution < 1.29 is 28.7 Å². The van der Waals surface area contributed by atoms with E-state index in [9.17, 15) is 19.2 Å². The van der Waals surface area contributed by atoms with Gasteiger partial charge in [-0.25, -0.2) is 9.59 Å². The Morgan fingerprint density at radius 2 is 1.14 bits per heavy atom. The number of anilines is 2. The number of fused-ring (bicyclic) bond motifs is 2. The van der Waals surface area contributed by atoms with Crippen LogP contribution in [0.5, 0.6) is 0 Å². The molecular weight excluding hydrogens is 597 g/mol. The molecule has 0 saturated heterocycles. The Morgan fingerprint density at radius 1 is 0.727 bits per heavy atom. The van der Waals surface area contributed by atoms with Gasteiger partial charge in [0.2, 0.25) is 0 Å². The van der Waals surface area contributed by atoms with Crippen LogP contribution < -0.4 is 10.6 Å². The van der Waals surface area contributed by atoms with Crippen molar-refractivity contribution in [3.05, 3.63) is 67.4 Å². The molecule has 8 nitrogen and oxygen atoms in total. The third-order valence-corrected chi connectivity index (χ3v) is 10.5. The van der Waals surface area contributed by atoms with Gasteiger partial charge in [0.25, 0.3) is 11.8 Å². The minimum atomic E-state index is -0.492. The summed E-state index contributed by atoms with van der Waals surface area (Å²) in [6, 6.07) is 6.57. The topological polar surface area (TPSA) is 111 Å². The van der Waals surface area contributed by atoms with Crippen molar-refractivity contribution in [3.8, 4) is 0 Å². The van der Waals surface area contributed by atoms with Crippen LogP contribution in [0.3, 0.4) is 0 Å². The van der Waals surface area contributed by atoms with E-state index >= 15 is 0 Å². The molecule has 2 aliphatic rings. The summed E-state index contributed by atoms with van der Waals surface area (Å²) in [7, 11) is 0. The number of thiophene rings is 2. The van der Waals surface area contributed by atoms with Crippen LogP contribution in [0.2, 0.25) is 0 Å². The van der Waals surface area contributed by atoms with Gasteiger partial charge in [0, 0.05) is 9.75 Å². The number of hydrogen-bond acceptors (Lipinski definition) is 8. The molecule has 2 N–H and O–H groups in total. The Labute approximate surface area is 266 Å². The fourth-order valence-corrected chi connectivity index (χ4v) is 8.65. The van der Waals surface area contributed by atoms with Gasteiger partial charge in [0.15, 0.2) is 0 Å². The predicted molar refractivity (Wildman–Crippen MR) is 175 cm³/mol. The SMILES string of the molecule is CCCOC(=O)c1c(NC(=O)c2ccccc2C(=O)Nc2sc3c(c2C(=O)OCCC)CCC(C)C3)sc2c1CCC(C)C2. The van der Waals surface area contributed by atoms with Gasteiger partial charge < -0.3 is 20.1 Å². The smallest absolute Gasteiger partial charge is 0.341 e. The fraction of sp³-hybridized carbons (Fsp3) is 0.471. The molecule has 0 spiro atoms. The van der Waals surface area contributed by atoms with Crippen molar-refractivity contribution in [3.63, 3.8) is 0 Å². The fourth-order valence-electron chi connectivity index (χ4n) is 5.86. The van der Waals surface area contributed by atoms with Gasteiger partial charge >= 0.3 is 11.9 Å². The molecule has 2 aromatic heterocycles. The second kappa shape index (κ2) is 14.1. The van der Waals surface area contributed by atoms with Crippen LogP contribution in [-0.2, 0) is 35.2 Å². The van der Waals surface area contributed by atoms with Gasteiger partial charge in [-0.15, -0.1) is 22.7 Å². The van der Waals surface area contributed by atoms with Crippen LogP contribution in [0.25, 0.3) is 0 Å². The Balaban J connectivity index is 1.43. The second-order valence-electron chi connectivity index (χ2n) is 11.8. The van der Waals surface area contributed by atoms with E-state index in [0.717, 1.165) is 59.4 Å². The quantitative estimate of drug-likeness (QED) is 0.221. The standard InChI is InChI=1S/C34H40N2O6S2/c1-5-15-41-33(39)27-23-13-11-19(3)17-25(23)43-31(27)35-29(37)21-9-7-8-10-22(21)30(38)36-32-28(34(40)42-16-6-2)24-14-12-20(4)18-26(24)44-32/h7-10,19-20H,5-6,11-18H2,1-4H3,(H,35,37)(H,36,38). The van der Waals surface area contributed by atoms with E-state index < -0.39 is 23.8 Å². The van der Waals surface area contributed by atoms with E-state index in [2.05, 4.69) is 24.5 Å². The second-order valence-corrected chi connectivity index (χ2v) is 14.0. The van der Waals surface area contributed by atoms with Crippen LogP contribution in [0.1, 0.15) is 116 Å². The summed E-state index contributed by atoms with van der Waals surface area (Å²) in [5.41, 5.74) is 3.09. The van der Waals surface area contributed by atoms with Crippen molar-refractivity contribution in [1.29, 1.82) is 0 Å². The van der Waals surface area contributed by atoms with E-state index in [4.69, 9.17) is 9.47 Å². The van der Waals surface area contributed by atoms with Crippen molar-refractivity contribution in [2.75, 3.05) is 23.8 Å². The van der Waals surface area contributed by atoms with Gasteiger partial charge in [-0.2, -0.15) is 0 Å². The highest BCUT2D eigenvalue weighted by atomic mass is 32.1. The van der Waals surface area contributed by atoms with E-state index in [1.165, 1.54) is 22.7 Å². The molecule has 2 atom stereocenters. The molecule has 0 radical (unpaired) electrons. The Kier molecular flexibility index (Phi) is 10.2. The number of hydrogen-bond donors (Lipinski definition) is 2. The van der Waals surface area contributed by atoms with Crippen molar-refractivity contribution in [2.45, 2.75) is 79.1 Å². The molecule has 234 valence electrons. The summed E-state index contributed by atoms with van der Waals surface area (Å²) in [6.45, 7) is 8.84. The van der Waals surface area contributed by atoms with Crippen LogP contribution in [0.4, 0.5) is 10.0 Å². The maximum Gasteiger partial charge on any atom is 0.341 e. The molecule has 0 aliphatic heterocycles. The summed E-state index contributed by atoms with van der Waals surface area (Å²) < 4.78 is 11.0. The largest absolute Gasteiger partial charge is 0.462 e. The van der Waals surface area contributed by atoms with Crippen LogP contribution in [0, 0.1) is 11.8 Å². The molecule has 5 rings (SSSR count). The average molecular weight is 637 g/mol. The third-order valence-electron chi connectivity index (χ3n) is 8.18. The monoisotopic (exact) mass is 636 g/mol. The molecule has 2 unspecified atom stereocenters. The number of carbonyl (C=O) groups excluding carboxylic acids is 4. The Bertz CT molecular complexity index is 1460. The summed E-state index contributed by atoms with van der Waals surface area (Å²) in [5.74, 6) is -0.868. The number of nitrogens with one attached hydrogen (secondary N) is 2. The summed E-state index contributed by atoms with van der Waals surface area (Å²) in [4.78, 5) is 55.9. The van der Waals surface area contributed by atoms with Crippen LogP contribution in [-0.4, -0.2) is 37.0 Å². The molecular formula is C34H40N2O6S2. The number of esters is 2. The van der Waals surface area contributed by atoms with Crippen molar-refractivity contribution >= 4 is 56.4 Å². The van der Waals surface area contributed by atoms with Crippen molar-refractivity contribution in [1.82, 2.24) is 0 Å². The minimum Gasteiger partial charge on any atom is -0.462 e. The zero-order chi connectivity index (χ0) is 31.4. The molecule has 2 heterocycles. The zero-order valence-corrected chi connectivity index (χ0v) is 27.4. The van der Waals surface area contributed by atoms with E-state index in [-0.39, 0.29) is 11.1 Å². The molecule has 10 heteroatoms. The van der Waals surface area contributed by atoms with Crippen LogP contribution in [0.15, 0.2) is 24.3 Å². The zero-order valence-electron chi connectivity index (χ0n) is 25.8. The highest BCUT2D eigenvalue weighted by Gasteiger charge is 2.32. The van der Waals surface area contributed by atoms with Gasteiger partial charge in [-0.05, 0) is 86.5 Å². The lowest BCUT2D eigenvalue weighted by Gasteiger charge is -2.18. The molecule has 0 bridgehead atoms. The minimum absolute atomic E-state index is 0.169. The molecule has 44 heavy (non-hydrogen) atoms. The maximum atomic E-state index is 13.7. The van der Waals surface area contributed by atoms with E-state index in [0.29, 0.717) is 59.0 Å². The van der Waals surface area contributed by atoms with Gasteiger partial charge in [0.05, 0.1) is 35.5 Å². The molecule has 0 fully saturated rings. The van der Waals surface area contributed by atoms with Gasteiger partial charge in [0.1, 0.15) is 10.0 Å². The van der Waals surface area contributed by atoms with Crippen molar-refractivity contribution in [2.24, 2.45) is 11.8 Å². The lowest BCUT2D eigenvalue weighted by molar-refractivity contribution is 0.0495. The number of ether oxygens (including phenoxy) is 2. The first kappa shape index (κ1) is 31.9. The third kappa shape index (κ3) is 6.76. The van der Waals surface area contributed by atoms with E-state index in [1.54, 1.807) is 24.3 Å². The highest BCUT2D eigenvalue weighted by Crippen LogP contribution is 2.42. The molecule has 2 amide bonds. The van der Waals surface area contributed by atoms with Crippen LogP contribution >= 0.6 is 22.7 Å². The Hall–Kier alpha value is -3.50. The number of carbonyl (C=O) groups is 4. The van der Waals surface area contributed by atoms with E-state index in [1.807, 2.05) is 13.8 Å². The number of benzene rings is 1. The maximum absolute atomic E-state index is 13.7. The lowest BCUT2D eigenvalue weighted by atomic mass is 9.88. The summed E-state index contributed by atoms with van der Waals surface area (Å²) in [5, 5.41) is 6.78. The molecule has 1 aromatic carbocycles. The summed E-state index contributed by atoms with van der Waals surface area (Å²) in [6.07, 6.45) is 6.52. The molecule has 2 aliphatic carbocycles. The Morgan fingerprint density at radius 3 is 1.52 bits per heavy atom. The number of rotatable bonds is 10. The first-order valence-corrected chi connectivity index (χ1v) is 17.2. The van der Waals surface area contributed by atoms with Gasteiger partial charge in [-0.1, -0.05) is 39.8 Å². The number of amides is 2. The lowest BCUT2D eigenvalue weighted by Crippen LogP contribution is -2.22. The first-order valence-electron chi connectivity index (χ1n) is 15.6. The molecule has 3 aromatic rings. The predicted octanol–water partition coefficient (Wildman–Crippen LogP) is 7.70. The highest BCUT2D eigenvalue weighted by molar-refractivity contribution is 7.17. The van der Waals surface area contributed by atoms with Gasteiger partial charge in [-0.3, -0.25) is 9.59 Å². The summed E-state index contributed by atoms with van der Waals surface area (Å²) >= 11 is 2.82. The average Bonchev–Trinajstić information content (AvgIpc) is 3.54.